The van der Waals surface area contributed by atoms with Gasteiger partial charge in [0, 0.05) is 36.6 Å². The Morgan fingerprint density at radius 1 is 1.50 bits per heavy atom. The minimum absolute atomic E-state index is 0.0910. The van der Waals surface area contributed by atoms with Crippen LogP contribution in [-0.2, 0) is 16.9 Å². The molecule has 0 aliphatic heterocycles. The maximum Gasteiger partial charge on any atom is 0.148 e. The zero-order valence-corrected chi connectivity index (χ0v) is 13.4. The molecular weight excluding hydrogens is 294 g/mol. The Hall–Kier alpha value is -1.18. The molecule has 0 saturated heterocycles. The van der Waals surface area contributed by atoms with Gasteiger partial charge in [-0.1, -0.05) is 6.07 Å². The topological polar surface area (TPSA) is 64.0 Å². The quantitative estimate of drug-likeness (QED) is 0.880. The minimum Gasteiger partial charge on any atom is -0.336 e. The predicted molar refractivity (Wildman–Crippen MR) is 81.7 cm³/mol. The van der Waals surface area contributed by atoms with Gasteiger partial charge in [-0.15, -0.1) is 11.3 Å². The van der Waals surface area contributed by atoms with Crippen LogP contribution in [0.5, 0.6) is 0 Å². The highest BCUT2D eigenvalue weighted by Gasteiger charge is 2.22. The molecule has 0 aliphatic carbocycles. The van der Waals surface area contributed by atoms with Crippen molar-refractivity contribution >= 4 is 21.2 Å². The van der Waals surface area contributed by atoms with E-state index in [1.165, 1.54) is 6.26 Å². The molecular formula is C13H19N3O2S2. The van der Waals surface area contributed by atoms with Gasteiger partial charge in [-0.25, -0.2) is 13.4 Å². The van der Waals surface area contributed by atoms with E-state index in [1.807, 2.05) is 42.2 Å². The maximum absolute atomic E-state index is 11.4. The van der Waals surface area contributed by atoms with Gasteiger partial charge < -0.3 is 4.57 Å². The molecule has 2 aromatic rings. The molecule has 0 aliphatic rings. The van der Waals surface area contributed by atoms with E-state index in [0.29, 0.717) is 0 Å². The standard InChI is InChI=1S/C13H19N3O2S2/c1-10(9-20(3,17)18)15-12(11-5-4-8-19-11)13-14-6-7-16(13)2/h4-8,10,12,15H,9H2,1-3H3. The van der Waals surface area contributed by atoms with E-state index in [0.717, 1.165) is 10.7 Å². The molecule has 2 aromatic heterocycles. The molecule has 0 aromatic carbocycles. The van der Waals surface area contributed by atoms with Gasteiger partial charge in [0.05, 0.1) is 5.75 Å². The van der Waals surface area contributed by atoms with Crippen LogP contribution in [0.3, 0.4) is 0 Å². The van der Waals surface area contributed by atoms with Crippen LogP contribution in [-0.4, -0.2) is 36.0 Å². The molecule has 7 heteroatoms. The van der Waals surface area contributed by atoms with Crippen LogP contribution in [0.1, 0.15) is 23.7 Å². The summed E-state index contributed by atoms with van der Waals surface area (Å²) in [5.74, 6) is 0.993. The number of thiophene rings is 1. The zero-order valence-electron chi connectivity index (χ0n) is 11.8. The van der Waals surface area contributed by atoms with E-state index >= 15 is 0 Å². The molecule has 2 unspecified atom stereocenters. The summed E-state index contributed by atoms with van der Waals surface area (Å²) in [6.45, 7) is 1.88. The van der Waals surface area contributed by atoms with Gasteiger partial charge in [0.1, 0.15) is 21.7 Å². The van der Waals surface area contributed by atoms with Crippen LogP contribution in [0.2, 0.25) is 0 Å². The van der Waals surface area contributed by atoms with Crippen molar-refractivity contribution in [2.24, 2.45) is 7.05 Å². The van der Waals surface area contributed by atoms with Crippen molar-refractivity contribution in [1.29, 1.82) is 0 Å². The van der Waals surface area contributed by atoms with E-state index in [2.05, 4.69) is 10.3 Å². The number of sulfone groups is 1. The van der Waals surface area contributed by atoms with Crippen molar-refractivity contribution < 1.29 is 8.42 Å². The Morgan fingerprint density at radius 2 is 2.25 bits per heavy atom. The summed E-state index contributed by atoms with van der Waals surface area (Å²) in [7, 11) is -1.07. The molecule has 1 N–H and O–H groups in total. The summed E-state index contributed by atoms with van der Waals surface area (Å²) < 4.78 is 24.8. The second-order valence-corrected chi connectivity index (χ2v) is 8.17. The fourth-order valence-electron chi connectivity index (χ4n) is 2.18. The number of imidazole rings is 1. The molecule has 0 saturated carbocycles. The third kappa shape index (κ3) is 3.91. The van der Waals surface area contributed by atoms with E-state index in [1.54, 1.807) is 17.5 Å². The number of hydrogen-bond acceptors (Lipinski definition) is 5. The molecule has 0 amide bonds. The van der Waals surface area contributed by atoms with E-state index in [4.69, 9.17) is 0 Å². The van der Waals surface area contributed by atoms with Crippen LogP contribution >= 0.6 is 11.3 Å². The van der Waals surface area contributed by atoms with Gasteiger partial charge in [0.25, 0.3) is 0 Å². The number of rotatable bonds is 6. The van der Waals surface area contributed by atoms with Gasteiger partial charge >= 0.3 is 0 Å². The molecule has 20 heavy (non-hydrogen) atoms. The molecule has 0 spiro atoms. The van der Waals surface area contributed by atoms with Gasteiger partial charge in [-0.2, -0.15) is 0 Å². The summed E-state index contributed by atoms with van der Waals surface area (Å²) in [5, 5.41) is 5.38. The summed E-state index contributed by atoms with van der Waals surface area (Å²) in [6.07, 6.45) is 4.89. The van der Waals surface area contributed by atoms with Crippen LogP contribution in [0.25, 0.3) is 0 Å². The van der Waals surface area contributed by atoms with Crippen molar-refractivity contribution in [2.45, 2.75) is 19.0 Å². The fraction of sp³-hybridized carbons (Fsp3) is 0.462. The lowest BCUT2D eigenvalue weighted by atomic mass is 10.2. The van der Waals surface area contributed by atoms with Gasteiger partial charge in [0.15, 0.2) is 0 Å². The number of hydrogen-bond donors (Lipinski definition) is 1. The first-order chi connectivity index (χ1) is 9.37. The summed E-state index contributed by atoms with van der Waals surface area (Å²) in [4.78, 5) is 5.50. The summed E-state index contributed by atoms with van der Waals surface area (Å²) in [5.41, 5.74) is 0. The first kappa shape index (κ1) is 15.2. The van der Waals surface area contributed by atoms with Gasteiger partial charge in [-0.05, 0) is 18.4 Å². The second-order valence-electron chi connectivity index (χ2n) is 5.00. The summed E-state index contributed by atoms with van der Waals surface area (Å²) >= 11 is 1.63. The normalized spacial score (nSPS) is 15.2. The summed E-state index contributed by atoms with van der Waals surface area (Å²) in [6, 6.07) is 3.78. The third-order valence-electron chi connectivity index (χ3n) is 2.95. The Labute approximate surface area is 123 Å². The molecule has 0 bridgehead atoms. The Morgan fingerprint density at radius 3 is 2.75 bits per heavy atom. The van der Waals surface area contributed by atoms with E-state index in [9.17, 15) is 8.42 Å². The largest absolute Gasteiger partial charge is 0.336 e. The lowest BCUT2D eigenvalue weighted by Gasteiger charge is -2.22. The number of aromatic nitrogens is 2. The smallest absolute Gasteiger partial charge is 0.148 e. The highest BCUT2D eigenvalue weighted by molar-refractivity contribution is 7.90. The molecule has 110 valence electrons. The van der Waals surface area contributed by atoms with Crippen molar-refractivity contribution in [3.63, 3.8) is 0 Å². The Balaban J connectivity index is 2.23. The van der Waals surface area contributed by atoms with Gasteiger partial charge in [-0.3, -0.25) is 5.32 Å². The van der Waals surface area contributed by atoms with Crippen LogP contribution in [0.4, 0.5) is 0 Å². The zero-order chi connectivity index (χ0) is 14.8. The second kappa shape index (κ2) is 6.07. The van der Waals surface area contributed by atoms with E-state index < -0.39 is 9.84 Å². The van der Waals surface area contributed by atoms with Gasteiger partial charge in [0.2, 0.25) is 0 Å². The van der Waals surface area contributed by atoms with Crippen molar-refractivity contribution in [3.8, 4) is 0 Å². The first-order valence-electron chi connectivity index (χ1n) is 6.31. The highest BCUT2D eigenvalue weighted by Crippen LogP contribution is 2.25. The van der Waals surface area contributed by atoms with Crippen LogP contribution < -0.4 is 5.32 Å². The highest BCUT2D eigenvalue weighted by atomic mass is 32.2. The van der Waals surface area contributed by atoms with Crippen LogP contribution in [0, 0.1) is 0 Å². The Bertz CT molecular complexity index is 647. The average molecular weight is 313 g/mol. The monoisotopic (exact) mass is 313 g/mol. The van der Waals surface area contributed by atoms with Crippen molar-refractivity contribution in [1.82, 2.24) is 14.9 Å². The van der Waals surface area contributed by atoms with E-state index in [-0.39, 0.29) is 17.8 Å². The van der Waals surface area contributed by atoms with Crippen molar-refractivity contribution in [2.75, 3.05) is 12.0 Å². The molecule has 2 rings (SSSR count). The molecule has 5 nitrogen and oxygen atoms in total. The maximum atomic E-state index is 11.4. The van der Waals surface area contributed by atoms with Crippen LogP contribution in [0.15, 0.2) is 29.9 Å². The molecule has 0 fully saturated rings. The SMILES string of the molecule is CC(CS(C)(=O)=O)NC(c1cccs1)c1nccn1C. The molecule has 2 atom stereocenters. The molecule has 0 radical (unpaired) electrons. The fourth-order valence-corrected chi connectivity index (χ4v) is 3.97. The third-order valence-corrected chi connectivity index (χ3v) is 4.99. The predicted octanol–water partition coefficient (Wildman–Crippen LogP) is 1.59. The molecule has 2 heterocycles. The lowest BCUT2D eigenvalue weighted by Crippen LogP contribution is -2.36. The minimum atomic E-state index is -3.00. The Kier molecular flexibility index (Phi) is 4.62. The number of aryl methyl sites for hydroxylation is 1. The van der Waals surface area contributed by atoms with Crippen molar-refractivity contribution in [3.05, 3.63) is 40.6 Å². The average Bonchev–Trinajstić information content (AvgIpc) is 2.94. The first-order valence-corrected chi connectivity index (χ1v) is 9.25. The number of nitrogens with one attached hydrogen (secondary N) is 1. The number of nitrogens with zero attached hydrogens (tertiary/aromatic N) is 2. The lowest BCUT2D eigenvalue weighted by molar-refractivity contribution is 0.500.